The van der Waals surface area contributed by atoms with E-state index < -0.39 is 5.41 Å². The number of benzene rings is 5. The van der Waals surface area contributed by atoms with Crippen LogP contribution < -0.4 is 0 Å². The molecule has 1 radical (unpaired) electrons. The molecule has 5 heteroatoms. The van der Waals surface area contributed by atoms with Gasteiger partial charge in [-0.1, -0.05) is 115 Å². The van der Waals surface area contributed by atoms with Crippen molar-refractivity contribution in [3.63, 3.8) is 0 Å². The third-order valence-electron chi connectivity index (χ3n) is 8.50. The Kier molecular flexibility index (Phi) is 9.27. The Morgan fingerprint density at radius 2 is 1.52 bits per heavy atom. The fourth-order valence-corrected chi connectivity index (χ4v) is 6.76. The molecular weight excluding hydrogens is 763 g/mol. The molecule has 1 aliphatic heterocycles. The van der Waals surface area contributed by atoms with Crippen molar-refractivity contribution in [1.82, 2.24) is 4.98 Å². The number of nitrogens with zero attached hydrogens (tertiary/aromatic N) is 1. The molecular formula is C41H40IrNO2S-. The number of pyridine rings is 1. The molecule has 0 aliphatic carbocycles. The molecule has 0 saturated carbocycles. The van der Waals surface area contributed by atoms with Gasteiger partial charge in [0.2, 0.25) is 0 Å². The summed E-state index contributed by atoms with van der Waals surface area (Å²) in [5, 5.41) is 19.7. The van der Waals surface area contributed by atoms with Gasteiger partial charge in [0.25, 0.3) is 0 Å². The van der Waals surface area contributed by atoms with Gasteiger partial charge >= 0.3 is 0 Å². The van der Waals surface area contributed by atoms with E-state index in [1.54, 1.807) is 0 Å². The first-order valence-corrected chi connectivity index (χ1v) is 16.4. The van der Waals surface area contributed by atoms with Crippen molar-refractivity contribution in [3.05, 3.63) is 102 Å². The zero-order valence-corrected chi connectivity index (χ0v) is 30.9. The van der Waals surface area contributed by atoms with Crippen molar-refractivity contribution in [2.45, 2.75) is 71.1 Å². The predicted molar refractivity (Wildman–Crippen MR) is 191 cm³/mol. The minimum absolute atomic E-state index is 0. The number of carbonyl (C=O) groups excluding carboxylic acids is 1. The number of ketones is 1. The van der Waals surface area contributed by atoms with Crippen LogP contribution in [0.5, 0.6) is 0 Å². The van der Waals surface area contributed by atoms with Crippen LogP contribution in [-0.2, 0) is 24.9 Å². The van der Waals surface area contributed by atoms with Gasteiger partial charge in [0.05, 0.1) is 0 Å². The quantitative estimate of drug-likeness (QED) is 0.0819. The predicted octanol–water partition coefficient (Wildman–Crippen LogP) is 11.8. The molecule has 2 heterocycles. The summed E-state index contributed by atoms with van der Waals surface area (Å²) in [6, 6.07) is 30.4. The van der Waals surface area contributed by atoms with Crippen molar-refractivity contribution in [1.29, 1.82) is 0 Å². The average molecular weight is 803 g/mol. The average Bonchev–Trinajstić information content (AvgIpc) is 2.99. The van der Waals surface area contributed by atoms with E-state index >= 15 is 0 Å². The molecule has 7 rings (SSSR count). The number of aliphatic hydroxyl groups is 1. The van der Waals surface area contributed by atoms with Crippen LogP contribution in [0.1, 0.15) is 66.9 Å². The van der Waals surface area contributed by atoms with Crippen LogP contribution >= 0.6 is 11.8 Å². The smallest absolute Gasteiger partial charge is 0.164 e. The Labute approximate surface area is 289 Å². The van der Waals surface area contributed by atoms with Crippen molar-refractivity contribution >= 4 is 60.6 Å². The van der Waals surface area contributed by atoms with Crippen LogP contribution in [0.25, 0.3) is 54.3 Å². The monoisotopic (exact) mass is 803 g/mol. The van der Waals surface area contributed by atoms with E-state index in [-0.39, 0.29) is 37.1 Å². The maximum atomic E-state index is 11.5. The Morgan fingerprint density at radius 1 is 0.804 bits per heavy atom. The van der Waals surface area contributed by atoms with Crippen LogP contribution in [0.4, 0.5) is 0 Å². The summed E-state index contributed by atoms with van der Waals surface area (Å²) < 4.78 is 0. The molecule has 237 valence electrons. The molecule has 1 aliphatic rings. The zero-order valence-electron chi connectivity index (χ0n) is 27.7. The number of hydrogen-bond donors (Lipinski definition) is 1. The number of aromatic nitrogens is 1. The second kappa shape index (κ2) is 12.6. The molecule has 0 saturated heterocycles. The molecule has 0 amide bonds. The fraction of sp³-hybridized carbons (Fsp3) is 0.268. The van der Waals surface area contributed by atoms with Gasteiger partial charge < -0.3 is 5.11 Å². The summed E-state index contributed by atoms with van der Waals surface area (Å²) in [5.41, 5.74) is 2.79. The van der Waals surface area contributed by atoms with Crippen molar-refractivity contribution < 1.29 is 30.0 Å². The third kappa shape index (κ3) is 6.38. The Bertz CT molecular complexity index is 2170. The van der Waals surface area contributed by atoms with E-state index in [1.807, 2.05) is 59.5 Å². The first kappa shape index (κ1) is 33.9. The molecule has 0 unspecified atom stereocenters. The van der Waals surface area contributed by atoms with Crippen LogP contribution in [0, 0.1) is 16.9 Å². The van der Waals surface area contributed by atoms with Crippen LogP contribution in [0.3, 0.4) is 0 Å². The second-order valence-electron chi connectivity index (χ2n) is 14.3. The van der Waals surface area contributed by atoms with E-state index in [9.17, 15) is 9.90 Å². The molecule has 0 atom stereocenters. The summed E-state index contributed by atoms with van der Waals surface area (Å²) in [6.45, 7) is 15.6. The van der Waals surface area contributed by atoms with Crippen LogP contribution in [0.2, 0.25) is 0 Å². The van der Waals surface area contributed by atoms with E-state index in [0.29, 0.717) is 5.92 Å². The number of carbonyl (C=O) groups is 1. The number of rotatable bonds is 2. The van der Waals surface area contributed by atoms with Gasteiger partial charge in [-0.25, -0.2) is 0 Å². The van der Waals surface area contributed by atoms with Gasteiger partial charge in [0.15, 0.2) is 5.78 Å². The van der Waals surface area contributed by atoms with Gasteiger partial charge in [0, 0.05) is 53.8 Å². The van der Waals surface area contributed by atoms with E-state index in [2.05, 4.69) is 92.7 Å². The topological polar surface area (TPSA) is 50.2 Å². The zero-order chi connectivity index (χ0) is 32.3. The molecule has 0 spiro atoms. The number of fused-ring (bicyclic) bond motifs is 7. The van der Waals surface area contributed by atoms with Gasteiger partial charge in [-0.3, -0.25) is 9.78 Å². The maximum absolute atomic E-state index is 11.5. The Balaban J connectivity index is 0.000000256. The molecule has 0 bridgehead atoms. The normalized spacial score (nSPS) is 13.0. The van der Waals surface area contributed by atoms with Gasteiger partial charge in [0.1, 0.15) is 5.76 Å². The van der Waals surface area contributed by atoms with E-state index in [1.165, 1.54) is 59.1 Å². The first-order chi connectivity index (χ1) is 21.2. The molecule has 3 nitrogen and oxygen atoms in total. The first-order valence-electron chi connectivity index (χ1n) is 15.6. The molecule has 5 aromatic carbocycles. The maximum Gasteiger partial charge on any atom is 0.164 e. The number of aliphatic hydroxyl groups excluding tert-OH is 1. The van der Waals surface area contributed by atoms with Crippen molar-refractivity contribution in [3.8, 4) is 11.3 Å². The summed E-state index contributed by atoms with van der Waals surface area (Å²) in [6.07, 6.45) is 3.29. The van der Waals surface area contributed by atoms with Crippen LogP contribution in [0.15, 0.2) is 101 Å². The van der Waals surface area contributed by atoms with E-state index in [0.717, 1.165) is 16.6 Å². The second-order valence-corrected chi connectivity index (χ2v) is 15.4. The summed E-state index contributed by atoms with van der Waals surface area (Å²) in [4.78, 5) is 18.9. The number of hydrogen-bond acceptors (Lipinski definition) is 4. The van der Waals surface area contributed by atoms with Crippen LogP contribution in [-0.4, -0.2) is 15.9 Å². The minimum Gasteiger partial charge on any atom is -0.512 e. The van der Waals surface area contributed by atoms with E-state index in [4.69, 9.17) is 4.98 Å². The third-order valence-corrected chi connectivity index (χ3v) is 9.59. The van der Waals surface area contributed by atoms with Crippen molar-refractivity contribution in [2.75, 3.05) is 0 Å². The molecule has 1 N–H and O–H groups in total. The van der Waals surface area contributed by atoms with Gasteiger partial charge in [-0.2, -0.15) is 0 Å². The standard InChI is InChI=1S/C30H20NS.C11H20O2.Ir/c1-17(2)19-8-7-18-9-10-22-23-11-12-31-30-26-14-20-5-3-4-6-21(20)15-27(26)32-28(29(23)30)16-25(22)24(18)13-19;1-10(2,3)8(12)7-9(13)11(4,5)6;/h3-13,15-17H,1-2H3;7,12H,1-6H3;/q-1;;/b;8-7-;. The summed E-state index contributed by atoms with van der Waals surface area (Å²) >= 11 is 1.85. The molecule has 6 aromatic rings. The SMILES string of the molecule is CC(C)(C)C(=O)/C=C(\O)C(C)(C)C.CC(C)c1ccc2ccc3c4ccnc5c4c(cc3c2c1)Sc1cc2ccccc2[c-]c1-5.[Ir]. The Hall–Kier alpha value is -3.50. The summed E-state index contributed by atoms with van der Waals surface area (Å²) in [7, 11) is 0. The fourth-order valence-electron chi connectivity index (χ4n) is 5.60. The van der Waals surface area contributed by atoms with Crippen molar-refractivity contribution in [2.24, 2.45) is 10.8 Å². The molecule has 1 aromatic heterocycles. The Morgan fingerprint density at radius 3 is 2.22 bits per heavy atom. The van der Waals surface area contributed by atoms with Gasteiger partial charge in [-0.15, -0.1) is 35.3 Å². The number of allylic oxidation sites excluding steroid dienone is 2. The minimum atomic E-state index is -0.417. The van der Waals surface area contributed by atoms with Gasteiger partial charge in [-0.05, 0) is 60.8 Å². The molecule has 0 fully saturated rings. The largest absolute Gasteiger partial charge is 0.512 e. The summed E-state index contributed by atoms with van der Waals surface area (Å²) in [5.74, 6) is 0.613. The molecule has 46 heavy (non-hydrogen) atoms.